The third-order valence-electron chi connectivity index (χ3n) is 7.71. The van der Waals surface area contributed by atoms with E-state index in [1.54, 1.807) is 50.5 Å². The molecule has 2 atom stereocenters. The molecular weight excluding hydrogens is 515 g/mol. The lowest BCUT2D eigenvalue weighted by atomic mass is 9.81. The van der Waals surface area contributed by atoms with Crippen LogP contribution in [0.1, 0.15) is 81.7 Å². The standard InChI is InChI=1S/C29H37FN6O4/c1-17-11-20(30)13-21(12-17)35(28(39)40-29(2,3)4)24-14-23(25(31)19-9-6-10-34(16-19)27(37)38)33-26-22(15-32-36(24)26)18-7-5-8-18/h11-15,18-19,25H,5-10,16,31H2,1-4H3,(H,37,38)/t19-,25?/m1/s1. The summed E-state index contributed by atoms with van der Waals surface area (Å²) in [6.07, 6.45) is 4.72. The molecular formula is C29H37FN6O4. The summed E-state index contributed by atoms with van der Waals surface area (Å²) in [6, 6.07) is 5.48. The number of amides is 2. The predicted octanol–water partition coefficient (Wildman–Crippen LogP) is 5.91. The molecule has 214 valence electrons. The predicted molar refractivity (Wildman–Crippen MR) is 148 cm³/mol. The van der Waals surface area contributed by atoms with Gasteiger partial charge >= 0.3 is 12.2 Å². The molecule has 1 aliphatic heterocycles. The molecule has 40 heavy (non-hydrogen) atoms. The first-order chi connectivity index (χ1) is 18.9. The number of halogens is 1. The second-order valence-corrected chi connectivity index (χ2v) is 12.0. The van der Waals surface area contributed by atoms with Crippen LogP contribution in [0.3, 0.4) is 0 Å². The van der Waals surface area contributed by atoms with Crippen molar-refractivity contribution in [2.45, 2.75) is 77.4 Å². The molecule has 1 aliphatic carbocycles. The summed E-state index contributed by atoms with van der Waals surface area (Å²) in [4.78, 5) is 33.1. The van der Waals surface area contributed by atoms with E-state index in [1.165, 1.54) is 21.9 Å². The Kier molecular flexibility index (Phi) is 7.43. The number of aryl methyl sites for hydroxylation is 1. The van der Waals surface area contributed by atoms with Gasteiger partial charge in [-0.05, 0) is 89.0 Å². The molecule has 0 radical (unpaired) electrons. The Morgan fingerprint density at radius 1 is 1.18 bits per heavy atom. The molecule has 11 heteroatoms. The van der Waals surface area contributed by atoms with Crippen molar-refractivity contribution >= 4 is 29.3 Å². The van der Waals surface area contributed by atoms with Gasteiger partial charge in [-0.25, -0.2) is 23.9 Å². The third kappa shape index (κ3) is 5.60. The van der Waals surface area contributed by atoms with Crippen LogP contribution in [0.4, 0.5) is 25.5 Å². The minimum atomic E-state index is -0.971. The molecule has 3 N–H and O–H groups in total. The Labute approximate surface area is 232 Å². The second-order valence-electron chi connectivity index (χ2n) is 12.0. The number of nitrogens with zero attached hydrogens (tertiary/aromatic N) is 5. The number of rotatable bonds is 5. The summed E-state index contributed by atoms with van der Waals surface area (Å²) < 4.78 is 22.0. The van der Waals surface area contributed by atoms with Crippen LogP contribution in [0.25, 0.3) is 5.65 Å². The van der Waals surface area contributed by atoms with Crippen LogP contribution >= 0.6 is 0 Å². The summed E-state index contributed by atoms with van der Waals surface area (Å²) >= 11 is 0. The SMILES string of the molecule is Cc1cc(F)cc(N(C(=O)OC(C)(C)C)c2cc(C(N)[C@@H]3CCCN(C(=O)O)C3)nc3c(C4CCC4)cnn23)c1. The Morgan fingerprint density at radius 2 is 1.93 bits per heavy atom. The van der Waals surface area contributed by atoms with Crippen molar-refractivity contribution in [3.63, 3.8) is 0 Å². The molecule has 0 bridgehead atoms. The van der Waals surface area contributed by atoms with E-state index in [2.05, 4.69) is 5.10 Å². The maximum absolute atomic E-state index is 14.6. The lowest BCUT2D eigenvalue weighted by Crippen LogP contribution is -2.42. The fourth-order valence-corrected chi connectivity index (χ4v) is 5.52. The molecule has 2 amide bonds. The minimum absolute atomic E-state index is 0.158. The number of likely N-dealkylation sites (tertiary alicyclic amines) is 1. The smallest absolute Gasteiger partial charge is 0.420 e. The highest BCUT2D eigenvalue weighted by molar-refractivity contribution is 5.95. The first kappa shape index (κ1) is 27.8. The number of carbonyl (C=O) groups is 2. The molecule has 1 aromatic carbocycles. The Hall–Kier alpha value is -3.73. The molecule has 2 fully saturated rings. The number of carboxylic acid groups (broad SMARTS) is 1. The highest BCUT2D eigenvalue weighted by atomic mass is 19.1. The van der Waals surface area contributed by atoms with Crippen LogP contribution in [0, 0.1) is 18.7 Å². The zero-order valence-corrected chi connectivity index (χ0v) is 23.4. The number of ether oxygens (including phenoxy) is 1. The van der Waals surface area contributed by atoms with E-state index in [1.807, 2.05) is 0 Å². The van der Waals surface area contributed by atoms with Gasteiger partial charge in [0, 0.05) is 24.7 Å². The Bertz CT molecular complexity index is 1410. The van der Waals surface area contributed by atoms with Gasteiger partial charge in [0.2, 0.25) is 0 Å². The number of hydrogen-bond donors (Lipinski definition) is 2. The van der Waals surface area contributed by atoms with Gasteiger partial charge in [0.05, 0.1) is 23.6 Å². The van der Waals surface area contributed by atoms with Crippen molar-refractivity contribution in [1.29, 1.82) is 0 Å². The molecule has 10 nitrogen and oxygen atoms in total. The normalized spacial score (nSPS) is 18.9. The van der Waals surface area contributed by atoms with Crippen LogP contribution in [-0.2, 0) is 4.74 Å². The van der Waals surface area contributed by atoms with E-state index in [0.717, 1.165) is 31.2 Å². The second kappa shape index (κ2) is 10.7. The molecule has 2 aromatic heterocycles. The Morgan fingerprint density at radius 3 is 2.55 bits per heavy atom. The molecule has 3 heterocycles. The van der Waals surface area contributed by atoms with Crippen molar-refractivity contribution in [3.05, 3.63) is 53.1 Å². The van der Waals surface area contributed by atoms with E-state index in [4.69, 9.17) is 15.5 Å². The van der Waals surface area contributed by atoms with Crippen molar-refractivity contribution in [1.82, 2.24) is 19.5 Å². The zero-order chi connectivity index (χ0) is 28.8. The van der Waals surface area contributed by atoms with Gasteiger partial charge in [-0.3, -0.25) is 0 Å². The summed E-state index contributed by atoms with van der Waals surface area (Å²) in [5.41, 5.74) is 8.97. The van der Waals surface area contributed by atoms with E-state index >= 15 is 0 Å². The largest absolute Gasteiger partial charge is 0.465 e. The van der Waals surface area contributed by atoms with E-state index in [9.17, 15) is 19.1 Å². The molecule has 1 saturated carbocycles. The van der Waals surface area contributed by atoms with Gasteiger partial charge < -0.3 is 20.5 Å². The van der Waals surface area contributed by atoms with E-state index in [-0.39, 0.29) is 11.6 Å². The van der Waals surface area contributed by atoms with Crippen LogP contribution in [0.2, 0.25) is 0 Å². The first-order valence-electron chi connectivity index (χ1n) is 13.8. The van der Waals surface area contributed by atoms with Crippen molar-refractivity contribution < 1.29 is 23.8 Å². The van der Waals surface area contributed by atoms with Crippen LogP contribution in [0.15, 0.2) is 30.5 Å². The lowest BCUT2D eigenvalue weighted by Gasteiger charge is -2.34. The fraction of sp³-hybridized carbons (Fsp3) is 0.517. The van der Waals surface area contributed by atoms with Gasteiger partial charge in [0.1, 0.15) is 17.2 Å². The monoisotopic (exact) mass is 552 g/mol. The average Bonchev–Trinajstić information content (AvgIpc) is 3.24. The highest BCUT2D eigenvalue weighted by Crippen LogP contribution is 2.40. The maximum Gasteiger partial charge on any atom is 0.420 e. The number of anilines is 2. The lowest BCUT2D eigenvalue weighted by molar-refractivity contribution is 0.0597. The molecule has 3 aromatic rings. The third-order valence-corrected chi connectivity index (χ3v) is 7.71. The minimum Gasteiger partial charge on any atom is -0.465 e. The summed E-state index contributed by atoms with van der Waals surface area (Å²) in [5.74, 6) is -0.0226. The van der Waals surface area contributed by atoms with Crippen molar-refractivity contribution in [3.8, 4) is 0 Å². The van der Waals surface area contributed by atoms with Gasteiger partial charge in [-0.1, -0.05) is 6.42 Å². The summed E-state index contributed by atoms with van der Waals surface area (Å²) in [7, 11) is 0. The molecule has 5 rings (SSSR count). The van der Waals surface area contributed by atoms with Gasteiger partial charge in [0.25, 0.3) is 0 Å². The Balaban J connectivity index is 1.68. The molecule has 0 spiro atoms. The quantitative estimate of drug-likeness (QED) is 0.403. The number of carbonyl (C=O) groups excluding carboxylic acids is 1. The van der Waals surface area contributed by atoms with Crippen LogP contribution in [-0.4, -0.2) is 55.5 Å². The van der Waals surface area contributed by atoms with E-state index < -0.39 is 29.6 Å². The number of fused-ring (bicyclic) bond motifs is 1. The molecule has 1 saturated heterocycles. The maximum atomic E-state index is 14.6. The highest BCUT2D eigenvalue weighted by Gasteiger charge is 2.34. The number of aromatic nitrogens is 3. The average molecular weight is 553 g/mol. The van der Waals surface area contributed by atoms with Gasteiger partial charge in [0.15, 0.2) is 5.65 Å². The summed E-state index contributed by atoms with van der Waals surface area (Å²) in [6.45, 7) is 7.82. The van der Waals surface area contributed by atoms with E-state index in [0.29, 0.717) is 48.2 Å². The molecule has 1 unspecified atom stereocenters. The first-order valence-corrected chi connectivity index (χ1v) is 13.8. The molecule has 2 aliphatic rings. The van der Waals surface area contributed by atoms with Crippen LogP contribution < -0.4 is 10.6 Å². The van der Waals surface area contributed by atoms with Crippen molar-refractivity contribution in [2.75, 3.05) is 18.0 Å². The number of hydrogen-bond acceptors (Lipinski definition) is 6. The number of piperidine rings is 1. The van der Waals surface area contributed by atoms with Crippen LogP contribution in [0.5, 0.6) is 0 Å². The number of benzene rings is 1. The number of nitrogens with two attached hydrogens (primary N) is 1. The topological polar surface area (TPSA) is 126 Å². The van der Waals surface area contributed by atoms with Gasteiger partial charge in [-0.2, -0.15) is 9.61 Å². The van der Waals surface area contributed by atoms with Gasteiger partial charge in [-0.15, -0.1) is 0 Å². The fourth-order valence-electron chi connectivity index (χ4n) is 5.52. The van der Waals surface area contributed by atoms with Crippen molar-refractivity contribution in [2.24, 2.45) is 11.7 Å². The zero-order valence-electron chi connectivity index (χ0n) is 23.4. The summed E-state index contributed by atoms with van der Waals surface area (Å²) in [5, 5.41) is 14.2.